The van der Waals surface area contributed by atoms with Gasteiger partial charge in [-0.2, -0.15) is 0 Å². The van der Waals surface area contributed by atoms with Crippen LogP contribution in [0.3, 0.4) is 0 Å². The Bertz CT molecular complexity index is 436. The molecule has 0 aliphatic carbocycles. The number of aromatic nitrogens is 2. The lowest BCUT2D eigenvalue weighted by atomic mass is 10.3. The van der Waals surface area contributed by atoms with Gasteiger partial charge in [0.25, 0.3) is 0 Å². The summed E-state index contributed by atoms with van der Waals surface area (Å²) < 4.78 is 0. The lowest BCUT2D eigenvalue weighted by Gasteiger charge is -2.16. The van der Waals surface area contributed by atoms with Crippen LogP contribution in [-0.2, 0) is 0 Å². The summed E-state index contributed by atoms with van der Waals surface area (Å²) in [6, 6.07) is 0.553. The van der Waals surface area contributed by atoms with Crippen molar-refractivity contribution in [3.63, 3.8) is 0 Å². The van der Waals surface area contributed by atoms with Crippen molar-refractivity contribution in [3.05, 3.63) is 32.7 Å². The molecule has 0 aliphatic rings. The molecule has 5 heteroatoms. The van der Waals surface area contributed by atoms with Crippen LogP contribution in [0.15, 0.2) is 17.0 Å². The van der Waals surface area contributed by atoms with Crippen LogP contribution in [0.2, 0.25) is 0 Å². The molecule has 0 radical (unpaired) electrons. The summed E-state index contributed by atoms with van der Waals surface area (Å²) in [6.07, 6.45) is 1.84. The van der Waals surface area contributed by atoms with E-state index in [0.717, 1.165) is 15.7 Å². The topological polar surface area (TPSA) is 37.8 Å². The predicted octanol–water partition coefficient (Wildman–Crippen LogP) is 3.32. The predicted molar refractivity (Wildman–Crippen MR) is 68.9 cm³/mol. The minimum Gasteiger partial charge on any atom is -0.299 e. The lowest BCUT2D eigenvalue weighted by Crippen LogP contribution is -2.22. The second-order valence-electron chi connectivity index (χ2n) is 3.81. The van der Waals surface area contributed by atoms with E-state index in [0.29, 0.717) is 0 Å². The Hall–Kier alpha value is -0.780. The molecule has 86 valence electrons. The standard InChI is InChI=1S/C11H15N3S2/c1-7-6-16-11(13-7)9(3)14-8(2)10-12-4-5-15-10/h4-6,8-9,14H,1-3H3. The number of hydrogen-bond acceptors (Lipinski definition) is 5. The second-order valence-corrected chi connectivity index (χ2v) is 5.62. The van der Waals surface area contributed by atoms with Crippen molar-refractivity contribution in [1.82, 2.24) is 15.3 Å². The van der Waals surface area contributed by atoms with E-state index >= 15 is 0 Å². The van der Waals surface area contributed by atoms with Crippen molar-refractivity contribution in [2.75, 3.05) is 0 Å². The van der Waals surface area contributed by atoms with Crippen LogP contribution in [0.25, 0.3) is 0 Å². The number of aryl methyl sites for hydroxylation is 1. The summed E-state index contributed by atoms with van der Waals surface area (Å²) in [4.78, 5) is 8.79. The van der Waals surface area contributed by atoms with Gasteiger partial charge in [0.15, 0.2) is 0 Å². The molecule has 2 aromatic rings. The number of thiazole rings is 2. The molecule has 0 bridgehead atoms. The highest BCUT2D eigenvalue weighted by Crippen LogP contribution is 2.22. The van der Waals surface area contributed by atoms with Gasteiger partial charge in [0, 0.05) is 22.7 Å². The molecule has 2 rings (SSSR count). The van der Waals surface area contributed by atoms with E-state index in [-0.39, 0.29) is 12.1 Å². The van der Waals surface area contributed by atoms with Crippen molar-refractivity contribution < 1.29 is 0 Å². The number of hydrogen-bond donors (Lipinski definition) is 1. The van der Waals surface area contributed by atoms with E-state index in [1.807, 2.05) is 18.5 Å². The van der Waals surface area contributed by atoms with Gasteiger partial charge in [0.1, 0.15) is 10.0 Å². The van der Waals surface area contributed by atoms with Crippen LogP contribution in [0.1, 0.15) is 41.6 Å². The van der Waals surface area contributed by atoms with Crippen molar-refractivity contribution in [2.24, 2.45) is 0 Å². The van der Waals surface area contributed by atoms with E-state index in [9.17, 15) is 0 Å². The van der Waals surface area contributed by atoms with E-state index in [1.165, 1.54) is 0 Å². The molecule has 0 fully saturated rings. The first-order chi connectivity index (χ1) is 7.66. The number of nitrogens with zero attached hydrogens (tertiary/aromatic N) is 2. The third-order valence-electron chi connectivity index (χ3n) is 2.33. The largest absolute Gasteiger partial charge is 0.299 e. The first-order valence-electron chi connectivity index (χ1n) is 5.24. The summed E-state index contributed by atoms with van der Waals surface area (Å²) in [7, 11) is 0. The average Bonchev–Trinajstić information content (AvgIpc) is 2.87. The Morgan fingerprint density at radius 2 is 1.94 bits per heavy atom. The smallest absolute Gasteiger partial charge is 0.110 e. The van der Waals surface area contributed by atoms with Gasteiger partial charge in [-0.25, -0.2) is 9.97 Å². The Kier molecular flexibility index (Phi) is 3.68. The van der Waals surface area contributed by atoms with Crippen LogP contribution in [0.5, 0.6) is 0 Å². The van der Waals surface area contributed by atoms with Gasteiger partial charge >= 0.3 is 0 Å². The van der Waals surface area contributed by atoms with Gasteiger partial charge in [-0.05, 0) is 20.8 Å². The Morgan fingerprint density at radius 1 is 1.19 bits per heavy atom. The molecule has 16 heavy (non-hydrogen) atoms. The Morgan fingerprint density at radius 3 is 2.50 bits per heavy atom. The molecular formula is C11H15N3S2. The normalized spacial score (nSPS) is 14.9. The molecule has 0 spiro atoms. The highest BCUT2D eigenvalue weighted by Gasteiger charge is 2.14. The van der Waals surface area contributed by atoms with E-state index < -0.39 is 0 Å². The molecule has 0 saturated heterocycles. The molecule has 2 atom stereocenters. The molecule has 2 unspecified atom stereocenters. The Labute approximate surface area is 104 Å². The second kappa shape index (κ2) is 5.03. The molecular weight excluding hydrogens is 238 g/mol. The van der Waals surface area contributed by atoms with Gasteiger partial charge in [-0.15, -0.1) is 22.7 Å². The van der Waals surface area contributed by atoms with Gasteiger partial charge in [-0.1, -0.05) is 0 Å². The maximum absolute atomic E-state index is 4.48. The summed E-state index contributed by atoms with van der Waals surface area (Å²) >= 11 is 3.39. The SMILES string of the molecule is Cc1csc(C(C)NC(C)c2nccs2)n1. The quantitative estimate of drug-likeness (QED) is 0.908. The Balaban J connectivity index is 2.00. The average molecular weight is 253 g/mol. The summed E-state index contributed by atoms with van der Waals surface area (Å²) in [5, 5.41) is 9.86. The molecule has 0 saturated carbocycles. The third-order valence-corrected chi connectivity index (χ3v) is 4.43. The van der Waals surface area contributed by atoms with Crippen molar-refractivity contribution in [3.8, 4) is 0 Å². The minimum absolute atomic E-state index is 0.276. The van der Waals surface area contributed by atoms with Crippen molar-refractivity contribution in [1.29, 1.82) is 0 Å². The molecule has 0 aromatic carbocycles. The fraction of sp³-hybridized carbons (Fsp3) is 0.455. The van der Waals surface area contributed by atoms with Gasteiger partial charge in [-0.3, -0.25) is 5.32 Å². The maximum atomic E-state index is 4.48. The first-order valence-corrected chi connectivity index (χ1v) is 7.00. The third kappa shape index (κ3) is 2.66. The summed E-state index contributed by atoms with van der Waals surface area (Å²) in [5.74, 6) is 0. The fourth-order valence-corrected chi connectivity index (χ4v) is 3.00. The molecule has 3 nitrogen and oxygen atoms in total. The van der Waals surface area contributed by atoms with E-state index in [2.05, 4.69) is 34.5 Å². The van der Waals surface area contributed by atoms with Crippen LogP contribution >= 0.6 is 22.7 Å². The van der Waals surface area contributed by atoms with Crippen LogP contribution in [-0.4, -0.2) is 9.97 Å². The van der Waals surface area contributed by atoms with Gasteiger partial charge < -0.3 is 0 Å². The minimum atomic E-state index is 0.276. The molecule has 2 heterocycles. The van der Waals surface area contributed by atoms with Crippen LogP contribution in [0, 0.1) is 6.92 Å². The lowest BCUT2D eigenvalue weighted by molar-refractivity contribution is 0.491. The zero-order valence-corrected chi connectivity index (χ0v) is 11.2. The molecule has 2 aromatic heterocycles. The first kappa shape index (κ1) is 11.7. The van der Waals surface area contributed by atoms with Gasteiger partial charge in [0.05, 0.1) is 12.1 Å². The highest BCUT2D eigenvalue weighted by atomic mass is 32.1. The summed E-state index contributed by atoms with van der Waals surface area (Å²) in [6.45, 7) is 6.30. The monoisotopic (exact) mass is 253 g/mol. The zero-order chi connectivity index (χ0) is 11.5. The van der Waals surface area contributed by atoms with Crippen LogP contribution in [0.4, 0.5) is 0 Å². The zero-order valence-electron chi connectivity index (χ0n) is 9.60. The fourth-order valence-electron chi connectivity index (χ4n) is 1.54. The molecule has 1 N–H and O–H groups in total. The highest BCUT2D eigenvalue weighted by molar-refractivity contribution is 7.10. The van der Waals surface area contributed by atoms with E-state index in [4.69, 9.17) is 0 Å². The van der Waals surface area contributed by atoms with Crippen molar-refractivity contribution >= 4 is 22.7 Å². The summed E-state index contributed by atoms with van der Waals surface area (Å²) in [5.41, 5.74) is 1.09. The van der Waals surface area contributed by atoms with E-state index in [1.54, 1.807) is 22.7 Å². The number of nitrogens with one attached hydrogen (secondary N) is 1. The van der Waals surface area contributed by atoms with Crippen molar-refractivity contribution in [2.45, 2.75) is 32.9 Å². The molecule has 0 aliphatic heterocycles. The molecule has 0 amide bonds. The van der Waals surface area contributed by atoms with Crippen LogP contribution < -0.4 is 5.32 Å². The number of rotatable bonds is 4. The maximum Gasteiger partial charge on any atom is 0.110 e. The van der Waals surface area contributed by atoms with Gasteiger partial charge in [0.2, 0.25) is 0 Å².